The predicted molar refractivity (Wildman–Crippen MR) is 44.1 cm³/mol. The summed E-state index contributed by atoms with van der Waals surface area (Å²) in [5.41, 5.74) is 6.35. The molecular weight excluding hydrogens is 173 g/mol. The Kier molecular flexibility index (Phi) is 1.70. The normalized spacial score (nSPS) is 10.2. The summed E-state index contributed by atoms with van der Waals surface area (Å²) >= 11 is 0. The van der Waals surface area contributed by atoms with Gasteiger partial charge in [0.05, 0.1) is 0 Å². The lowest BCUT2D eigenvalue weighted by molar-refractivity contribution is 0.310. The summed E-state index contributed by atoms with van der Waals surface area (Å²) in [6.07, 6.45) is 0. The molecule has 0 saturated carbocycles. The van der Waals surface area contributed by atoms with Crippen LogP contribution in [0.3, 0.4) is 0 Å². The van der Waals surface area contributed by atoms with Gasteiger partial charge in [-0.25, -0.2) is 9.02 Å². The minimum Gasteiger partial charge on any atom is -0.379 e. The lowest BCUT2D eigenvalue weighted by atomic mass is 10.1. The summed E-state index contributed by atoms with van der Waals surface area (Å²) in [6, 6.07) is 5.90. The highest BCUT2D eigenvalue weighted by Crippen LogP contribution is 2.21. The highest BCUT2D eigenvalue weighted by Gasteiger charge is 2.08. The quantitative estimate of drug-likeness (QED) is 0.719. The zero-order valence-corrected chi connectivity index (χ0v) is 6.57. The number of hydrogen-bond donors (Lipinski definition) is 1. The first-order valence-electron chi connectivity index (χ1n) is 3.61. The Morgan fingerprint density at radius 3 is 2.77 bits per heavy atom. The summed E-state index contributed by atoms with van der Waals surface area (Å²) in [5, 5.41) is 6.94. The van der Waals surface area contributed by atoms with Crippen molar-refractivity contribution < 1.29 is 9.02 Å². The van der Waals surface area contributed by atoms with Gasteiger partial charge in [0.15, 0.2) is 11.5 Å². The molecule has 1 aromatic heterocycles. The van der Waals surface area contributed by atoms with Gasteiger partial charge < -0.3 is 5.73 Å². The second-order valence-corrected chi connectivity index (χ2v) is 2.51. The monoisotopic (exact) mass is 179 g/mol. The van der Waals surface area contributed by atoms with Gasteiger partial charge in [-0.15, -0.1) is 0 Å². The number of halogens is 1. The van der Waals surface area contributed by atoms with Crippen LogP contribution in [0.25, 0.3) is 11.3 Å². The van der Waals surface area contributed by atoms with E-state index >= 15 is 0 Å². The standard InChI is InChI=1S/C8H6FN3O/c9-6-3-1-2-5(4-6)7-8(10)12-13-11-7/h1-4H,(H2,10,12). The van der Waals surface area contributed by atoms with Crippen LogP contribution in [0.5, 0.6) is 0 Å². The Balaban J connectivity index is 2.53. The van der Waals surface area contributed by atoms with E-state index in [-0.39, 0.29) is 11.6 Å². The van der Waals surface area contributed by atoms with Gasteiger partial charge in [-0.2, -0.15) is 0 Å². The van der Waals surface area contributed by atoms with Crippen LogP contribution in [0, 0.1) is 5.82 Å². The molecule has 0 aliphatic carbocycles. The maximum Gasteiger partial charge on any atom is 0.196 e. The first kappa shape index (κ1) is 7.72. The lowest BCUT2D eigenvalue weighted by Crippen LogP contribution is -1.88. The van der Waals surface area contributed by atoms with E-state index in [0.717, 1.165) is 0 Å². The van der Waals surface area contributed by atoms with Crippen molar-refractivity contribution in [1.29, 1.82) is 0 Å². The number of nitrogens with zero attached hydrogens (tertiary/aromatic N) is 2. The van der Waals surface area contributed by atoms with E-state index in [1.165, 1.54) is 12.1 Å². The molecule has 2 N–H and O–H groups in total. The molecule has 1 aromatic carbocycles. The Bertz CT molecular complexity index is 427. The molecule has 0 amide bonds. The van der Waals surface area contributed by atoms with Crippen molar-refractivity contribution in [1.82, 2.24) is 10.3 Å². The minimum absolute atomic E-state index is 0.158. The third-order valence-electron chi connectivity index (χ3n) is 1.61. The molecular formula is C8H6FN3O. The molecule has 0 fully saturated rings. The van der Waals surface area contributed by atoms with Gasteiger partial charge in [0.25, 0.3) is 0 Å². The number of nitrogens with two attached hydrogens (primary N) is 1. The van der Waals surface area contributed by atoms with Crippen molar-refractivity contribution in [3.63, 3.8) is 0 Å². The minimum atomic E-state index is -0.347. The van der Waals surface area contributed by atoms with Crippen LogP contribution in [-0.4, -0.2) is 10.3 Å². The number of rotatable bonds is 1. The maximum atomic E-state index is 12.8. The largest absolute Gasteiger partial charge is 0.379 e. The third kappa shape index (κ3) is 1.35. The van der Waals surface area contributed by atoms with E-state index in [4.69, 9.17) is 5.73 Å². The van der Waals surface area contributed by atoms with Crippen molar-refractivity contribution in [3.8, 4) is 11.3 Å². The fraction of sp³-hybridized carbons (Fsp3) is 0. The van der Waals surface area contributed by atoms with Gasteiger partial charge in [0.1, 0.15) is 5.82 Å². The smallest absolute Gasteiger partial charge is 0.196 e. The summed E-state index contributed by atoms with van der Waals surface area (Å²) in [6.45, 7) is 0. The van der Waals surface area contributed by atoms with Gasteiger partial charge in [-0.05, 0) is 22.4 Å². The summed E-state index contributed by atoms with van der Waals surface area (Å²) in [4.78, 5) is 0. The van der Waals surface area contributed by atoms with Crippen LogP contribution in [0.2, 0.25) is 0 Å². The average molecular weight is 179 g/mol. The molecule has 0 saturated heterocycles. The molecule has 0 atom stereocenters. The molecule has 0 spiro atoms. The third-order valence-corrected chi connectivity index (χ3v) is 1.61. The number of anilines is 1. The number of nitrogen functional groups attached to an aromatic ring is 1. The molecule has 2 rings (SSSR count). The number of aromatic nitrogens is 2. The fourth-order valence-electron chi connectivity index (χ4n) is 1.03. The zero-order valence-electron chi connectivity index (χ0n) is 6.57. The van der Waals surface area contributed by atoms with Gasteiger partial charge >= 0.3 is 0 Å². The summed E-state index contributed by atoms with van der Waals surface area (Å²) in [7, 11) is 0. The molecule has 1 heterocycles. The highest BCUT2D eigenvalue weighted by molar-refractivity contribution is 5.68. The molecule has 2 aromatic rings. The highest BCUT2D eigenvalue weighted by atomic mass is 19.1. The van der Waals surface area contributed by atoms with Crippen LogP contribution in [0.15, 0.2) is 28.9 Å². The lowest BCUT2D eigenvalue weighted by Gasteiger charge is -1.94. The van der Waals surface area contributed by atoms with E-state index in [2.05, 4.69) is 14.9 Å². The van der Waals surface area contributed by atoms with Crippen molar-refractivity contribution in [2.45, 2.75) is 0 Å². The zero-order chi connectivity index (χ0) is 9.26. The Hall–Kier alpha value is -1.91. The number of benzene rings is 1. The van der Waals surface area contributed by atoms with Crippen molar-refractivity contribution in [2.75, 3.05) is 5.73 Å². The van der Waals surface area contributed by atoms with Crippen LogP contribution in [0.4, 0.5) is 10.2 Å². The summed E-state index contributed by atoms with van der Waals surface area (Å²) < 4.78 is 17.2. The molecule has 13 heavy (non-hydrogen) atoms. The van der Waals surface area contributed by atoms with E-state index in [0.29, 0.717) is 11.3 Å². The van der Waals surface area contributed by atoms with Crippen molar-refractivity contribution in [3.05, 3.63) is 30.1 Å². The predicted octanol–water partition coefficient (Wildman–Crippen LogP) is 1.46. The molecule has 0 unspecified atom stereocenters. The van der Waals surface area contributed by atoms with Crippen LogP contribution in [0.1, 0.15) is 0 Å². The molecule has 0 radical (unpaired) electrons. The van der Waals surface area contributed by atoms with Crippen LogP contribution in [-0.2, 0) is 0 Å². The first-order chi connectivity index (χ1) is 6.27. The van der Waals surface area contributed by atoms with Gasteiger partial charge in [0.2, 0.25) is 0 Å². The Labute approximate surface area is 73.1 Å². The molecule has 66 valence electrons. The Morgan fingerprint density at radius 2 is 2.15 bits per heavy atom. The van der Waals surface area contributed by atoms with Gasteiger partial charge in [-0.3, -0.25) is 0 Å². The van der Waals surface area contributed by atoms with Crippen molar-refractivity contribution in [2.24, 2.45) is 0 Å². The second-order valence-electron chi connectivity index (χ2n) is 2.51. The second kappa shape index (κ2) is 2.85. The van der Waals surface area contributed by atoms with E-state index in [9.17, 15) is 4.39 Å². The molecule has 0 aliphatic rings. The van der Waals surface area contributed by atoms with Crippen molar-refractivity contribution >= 4 is 5.82 Å². The first-order valence-corrected chi connectivity index (χ1v) is 3.61. The number of hydrogen-bond acceptors (Lipinski definition) is 4. The van der Waals surface area contributed by atoms with Gasteiger partial charge in [0, 0.05) is 5.56 Å². The molecule has 0 aliphatic heterocycles. The molecule has 5 heteroatoms. The topological polar surface area (TPSA) is 64.9 Å². The van der Waals surface area contributed by atoms with Gasteiger partial charge in [-0.1, -0.05) is 12.1 Å². The summed E-state index contributed by atoms with van der Waals surface area (Å²) in [5.74, 6) is -0.189. The average Bonchev–Trinajstić information content (AvgIpc) is 2.51. The molecule has 0 bridgehead atoms. The van der Waals surface area contributed by atoms with Crippen LogP contribution < -0.4 is 5.73 Å². The Morgan fingerprint density at radius 1 is 1.31 bits per heavy atom. The fourth-order valence-corrected chi connectivity index (χ4v) is 1.03. The van der Waals surface area contributed by atoms with E-state index in [1.807, 2.05) is 0 Å². The van der Waals surface area contributed by atoms with E-state index < -0.39 is 0 Å². The SMILES string of the molecule is Nc1nonc1-c1cccc(F)c1. The maximum absolute atomic E-state index is 12.8. The molecule has 4 nitrogen and oxygen atoms in total. The van der Waals surface area contributed by atoms with E-state index in [1.54, 1.807) is 12.1 Å². The van der Waals surface area contributed by atoms with Crippen LogP contribution >= 0.6 is 0 Å².